The zero-order valence-electron chi connectivity index (χ0n) is 24.1. The number of carbonyl (C=O) groups excluding carboxylic acids is 4. The number of nitrogens with zero attached hydrogens (tertiary/aromatic N) is 3. The van der Waals surface area contributed by atoms with Gasteiger partial charge in [-0.1, -0.05) is 73.2 Å². The van der Waals surface area contributed by atoms with E-state index in [-0.39, 0.29) is 30.3 Å². The molecule has 7 rings (SSSR count). The Morgan fingerprint density at radius 1 is 0.682 bits per heavy atom. The summed E-state index contributed by atoms with van der Waals surface area (Å²) in [6.45, 7) is 0.410. The van der Waals surface area contributed by atoms with Crippen LogP contribution in [0.1, 0.15) is 51.1 Å². The lowest BCUT2D eigenvalue weighted by molar-refractivity contribution is -0.123. The van der Waals surface area contributed by atoms with Gasteiger partial charge in [-0.3, -0.25) is 24.1 Å². The molecule has 8 heteroatoms. The Bertz CT molecular complexity index is 1720. The van der Waals surface area contributed by atoms with Crippen LogP contribution >= 0.6 is 0 Å². The summed E-state index contributed by atoms with van der Waals surface area (Å²) in [7, 11) is 0. The lowest BCUT2D eigenvalue weighted by atomic mass is 10.0. The molecule has 3 aliphatic rings. The minimum Gasteiger partial charge on any atom is -0.489 e. The number of benzene rings is 4. The molecule has 8 nitrogen and oxygen atoms in total. The topological polar surface area (TPSA) is 87.2 Å². The van der Waals surface area contributed by atoms with Crippen molar-refractivity contribution in [1.29, 1.82) is 0 Å². The lowest BCUT2D eigenvalue weighted by Gasteiger charge is -2.31. The summed E-state index contributed by atoms with van der Waals surface area (Å²) in [6.07, 6.45) is 2.14. The van der Waals surface area contributed by atoms with Crippen LogP contribution in [0.4, 0.5) is 11.4 Å². The molecule has 2 unspecified atom stereocenters. The Morgan fingerprint density at radius 3 is 2.02 bits per heavy atom. The van der Waals surface area contributed by atoms with Crippen molar-refractivity contribution in [3.8, 4) is 5.75 Å². The summed E-state index contributed by atoms with van der Waals surface area (Å²) in [6, 6.07) is 31.3. The Hall–Kier alpha value is -5.24. The van der Waals surface area contributed by atoms with Gasteiger partial charge >= 0.3 is 0 Å². The first-order valence-electron chi connectivity index (χ1n) is 14.9. The quantitative estimate of drug-likeness (QED) is 0.263. The first-order valence-corrected chi connectivity index (χ1v) is 14.9. The summed E-state index contributed by atoms with van der Waals surface area (Å²) < 4.78 is 5.95. The maximum atomic E-state index is 14.1. The van der Waals surface area contributed by atoms with E-state index in [1.165, 1.54) is 0 Å². The van der Waals surface area contributed by atoms with Crippen LogP contribution in [-0.2, 0) is 22.7 Å². The number of amides is 4. The van der Waals surface area contributed by atoms with E-state index in [2.05, 4.69) is 0 Å². The van der Waals surface area contributed by atoms with E-state index in [1.807, 2.05) is 78.9 Å². The van der Waals surface area contributed by atoms with Gasteiger partial charge in [0.2, 0.25) is 11.8 Å². The molecule has 2 atom stereocenters. The van der Waals surface area contributed by atoms with E-state index in [0.717, 1.165) is 28.2 Å². The normalized spacial score (nSPS) is 19.0. The minimum atomic E-state index is -0.473. The summed E-state index contributed by atoms with van der Waals surface area (Å²) in [5, 5.41) is 0. The van der Waals surface area contributed by atoms with Gasteiger partial charge in [0.05, 0.1) is 35.0 Å². The number of imide groups is 1. The molecule has 44 heavy (non-hydrogen) atoms. The third kappa shape index (κ3) is 4.92. The molecule has 4 aromatic rings. The summed E-state index contributed by atoms with van der Waals surface area (Å²) in [5.74, 6) is -1.00. The molecule has 1 fully saturated rings. The highest BCUT2D eigenvalue weighted by Gasteiger charge is 2.47. The van der Waals surface area contributed by atoms with E-state index in [9.17, 15) is 19.2 Å². The fourth-order valence-electron chi connectivity index (χ4n) is 6.62. The molecule has 4 aromatic carbocycles. The molecule has 0 bridgehead atoms. The number of fused-ring (bicyclic) bond motifs is 3. The number of anilines is 2. The van der Waals surface area contributed by atoms with Gasteiger partial charge in [-0.05, 0) is 60.4 Å². The lowest BCUT2D eigenvalue weighted by Crippen LogP contribution is -2.49. The van der Waals surface area contributed by atoms with Crippen molar-refractivity contribution in [1.82, 2.24) is 4.90 Å². The smallest absolute Gasteiger partial charge is 0.262 e. The highest BCUT2D eigenvalue weighted by molar-refractivity contribution is 6.23. The van der Waals surface area contributed by atoms with Gasteiger partial charge in [0.1, 0.15) is 18.9 Å². The van der Waals surface area contributed by atoms with Crippen LogP contribution in [0.25, 0.3) is 0 Å². The predicted molar refractivity (Wildman–Crippen MR) is 165 cm³/mol. The van der Waals surface area contributed by atoms with E-state index in [0.29, 0.717) is 48.5 Å². The van der Waals surface area contributed by atoms with Crippen LogP contribution < -0.4 is 14.5 Å². The highest BCUT2D eigenvalue weighted by Crippen LogP contribution is 2.43. The summed E-state index contributed by atoms with van der Waals surface area (Å²) in [5.41, 5.74) is 3.86. The fraction of sp³-hybridized carbons (Fsp3) is 0.222. The van der Waals surface area contributed by atoms with Crippen LogP contribution in [-0.4, -0.2) is 41.1 Å². The number of rotatable bonds is 7. The van der Waals surface area contributed by atoms with E-state index >= 15 is 0 Å². The van der Waals surface area contributed by atoms with Crippen LogP contribution in [0.15, 0.2) is 103 Å². The zero-order chi connectivity index (χ0) is 30.2. The summed E-state index contributed by atoms with van der Waals surface area (Å²) >= 11 is 0. The second-order valence-electron chi connectivity index (χ2n) is 11.4. The first-order chi connectivity index (χ1) is 21.5. The number of hydrogen-bond donors (Lipinski definition) is 0. The van der Waals surface area contributed by atoms with Gasteiger partial charge in [0.15, 0.2) is 0 Å². The van der Waals surface area contributed by atoms with Crippen LogP contribution in [0.5, 0.6) is 5.75 Å². The monoisotopic (exact) mass is 585 g/mol. The van der Waals surface area contributed by atoms with E-state index < -0.39 is 11.8 Å². The van der Waals surface area contributed by atoms with Gasteiger partial charge in [0, 0.05) is 6.04 Å². The van der Waals surface area contributed by atoms with E-state index in [1.54, 1.807) is 34.1 Å². The molecule has 1 aliphatic carbocycles. The molecule has 0 radical (unpaired) electrons. The number of para-hydroxylation sites is 2. The molecular weight excluding hydrogens is 554 g/mol. The highest BCUT2D eigenvalue weighted by atomic mass is 16.5. The van der Waals surface area contributed by atoms with Crippen LogP contribution in [0, 0.1) is 5.92 Å². The molecule has 2 heterocycles. The predicted octanol–water partition coefficient (Wildman–Crippen LogP) is 5.61. The van der Waals surface area contributed by atoms with Crippen LogP contribution in [0.2, 0.25) is 0 Å². The molecule has 1 saturated carbocycles. The number of carbonyl (C=O) groups is 4. The van der Waals surface area contributed by atoms with Crippen molar-refractivity contribution in [2.75, 3.05) is 16.3 Å². The average molecular weight is 586 g/mol. The van der Waals surface area contributed by atoms with Gasteiger partial charge < -0.3 is 14.5 Å². The Balaban J connectivity index is 1.15. The SMILES string of the molecule is O=C1c2ccccc2C(=O)N1CC(=O)N1c2ccccc2N(Cc2ccc(OCc3ccccc3)cc2)C(=O)C2CCCC21. The minimum absolute atomic E-state index is 0.0274. The van der Waals surface area contributed by atoms with Crippen molar-refractivity contribution in [2.45, 2.75) is 38.5 Å². The second-order valence-corrected chi connectivity index (χ2v) is 11.4. The Labute approximate surface area is 255 Å². The molecule has 0 saturated heterocycles. The molecule has 0 N–H and O–H groups in total. The molecule has 220 valence electrons. The van der Waals surface area contributed by atoms with Gasteiger partial charge in [-0.25, -0.2) is 0 Å². The third-order valence-electron chi connectivity index (χ3n) is 8.78. The zero-order valence-corrected chi connectivity index (χ0v) is 24.1. The number of hydrogen-bond acceptors (Lipinski definition) is 5. The van der Waals surface area contributed by atoms with Crippen molar-refractivity contribution in [3.63, 3.8) is 0 Å². The van der Waals surface area contributed by atoms with E-state index in [4.69, 9.17) is 4.74 Å². The van der Waals surface area contributed by atoms with Crippen LogP contribution in [0.3, 0.4) is 0 Å². The van der Waals surface area contributed by atoms with Crippen molar-refractivity contribution < 1.29 is 23.9 Å². The largest absolute Gasteiger partial charge is 0.489 e. The molecule has 4 amide bonds. The molecule has 0 spiro atoms. The average Bonchev–Trinajstić information content (AvgIpc) is 3.61. The number of ether oxygens (including phenoxy) is 1. The Morgan fingerprint density at radius 2 is 1.32 bits per heavy atom. The summed E-state index contributed by atoms with van der Waals surface area (Å²) in [4.78, 5) is 58.8. The standard InChI is InChI=1S/C36H31N3O5/c40-33(22-38-34(41)27-11-4-5-12-28(27)35(38)42)39-30-16-8-13-29(30)36(43)37(31-14-6-7-15-32(31)39)21-24-17-19-26(20-18-24)44-23-25-9-2-1-3-10-25/h1-7,9-12,14-15,17-20,29-30H,8,13,16,21-23H2. The molecule has 0 aromatic heterocycles. The van der Waals surface area contributed by atoms with Crippen molar-refractivity contribution in [2.24, 2.45) is 5.92 Å². The fourth-order valence-corrected chi connectivity index (χ4v) is 6.62. The maximum Gasteiger partial charge on any atom is 0.262 e. The van der Waals surface area contributed by atoms with Crippen molar-refractivity contribution in [3.05, 3.63) is 125 Å². The second kappa shape index (κ2) is 11.4. The first kappa shape index (κ1) is 27.6. The maximum absolute atomic E-state index is 14.1. The van der Waals surface area contributed by atoms with Crippen molar-refractivity contribution >= 4 is 35.0 Å². The van der Waals surface area contributed by atoms with Gasteiger partial charge in [-0.2, -0.15) is 0 Å². The molecular formula is C36H31N3O5. The Kier molecular flexibility index (Phi) is 7.18. The van der Waals surface area contributed by atoms with Gasteiger partial charge in [0.25, 0.3) is 11.8 Å². The molecule has 2 aliphatic heterocycles. The third-order valence-corrected chi connectivity index (χ3v) is 8.78. The van der Waals surface area contributed by atoms with Gasteiger partial charge in [-0.15, -0.1) is 0 Å².